The molecule has 2 unspecified atom stereocenters. The van der Waals surface area contributed by atoms with E-state index in [9.17, 15) is 9.59 Å². The summed E-state index contributed by atoms with van der Waals surface area (Å²) in [5.41, 5.74) is 2.66. The molecule has 1 fully saturated rings. The van der Waals surface area contributed by atoms with Crippen molar-refractivity contribution in [3.63, 3.8) is 0 Å². The van der Waals surface area contributed by atoms with E-state index in [2.05, 4.69) is 15.3 Å². The summed E-state index contributed by atoms with van der Waals surface area (Å²) in [5.74, 6) is 0.808. The first-order chi connectivity index (χ1) is 14.6. The molecule has 2 aromatic heterocycles. The summed E-state index contributed by atoms with van der Waals surface area (Å²) in [6.07, 6.45) is 5.56. The number of aryl methyl sites for hydroxylation is 1. The van der Waals surface area contributed by atoms with Crippen LogP contribution in [-0.2, 0) is 7.05 Å². The molecule has 154 valence electrons. The molecule has 2 aliphatic heterocycles. The summed E-state index contributed by atoms with van der Waals surface area (Å²) in [6, 6.07) is 9.15. The van der Waals surface area contributed by atoms with Gasteiger partial charge in [0.1, 0.15) is 17.5 Å². The zero-order valence-electron chi connectivity index (χ0n) is 16.7. The summed E-state index contributed by atoms with van der Waals surface area (Å²) >= 11 is 0. The number of hydrogen-bond donors (Lipinski definition) is 1. The van der Waals surface area contributed by atoms with E-state index in [0.29, 0.717) is 42.2 Å². The fourth-order valence-electron chi connectivity index (χ4n) is 4.36. The van der Waals surface area contributed by atoms with E-state index in [1.807, 2.05) is 42.4 Å². The highest BCUT2D eigenvalue weighted by molar-refractivity contribution is 6.00. The van der Waals surface area contributed by atoms with E-state index in [1.54, 1.807) is 16.9 Å². The van der Waals surface area contributed by atoms with Crippen LogP contribution in [-0.4, -0.2) is 55.8 Å². The summed E-state index contributed by atoms with van der Waals surface area (Å²) < 4.78 is 7.85. The van der Waals surface area contributed by atoms with E-state index < -0.39 is 0 Å². The van der Waals surface area contributed by atoms with Crippen molar-refractivity contribution in [2.75, 3.05) is 13.1 Å². The SMILES string of the molecule is Cn1cc(-c2cc(C(=O)N3CCCC(C4CC(=O)c5ccccc5O4)C3)[nH]n2)cn1. The fourth-order valence-corrected chi connectivity index (χ4v) is 4.36. The number of carbonyl (C=O) groups is 2. The number of fused-ring (bicyclic) bond motifs is 1. The van der Waals surface area contributed by atoms with E-state index in [0.717, 1.165) is 18.4 Å². The first-order valence-corrected chi connectivity index (χ1v) is 10.2. The Bertz CT molecular complexity index is 1100. The maximum atomic E-state index is 13.1. The van der Waals surface area contributed by atoms with Gasteiger partial charge in [0, 0.05) is 44.2 Å². The lowest BCUT2D eigenvalue weighted by Crippen LogP contribution is -2.46. The number of nitrogens with zero attached hydrogens (tertiary/aromatic N) is 4. The summed E-state index contributed by atoms with van der Waals surface area (Å²) in [7, 11) is 1.84. The van der Waals surface area contributed by atoms with Gasteiger partial charge in [-0.1, -0.05) is 12.1 Å². The van der Waals surface area contributed by atoms with Crippen molar-refractivity contribution < 1.29 is 14.3 Å². The largest absolute Gasteiger partial charge is 0.489 e. The molecule has 1 N–H and O–H groups in total. The minimum Gasteiger partial charge on any atom is -0.489 e. The van der Waals surface area contributed by atoms with Crippen LogP contribution >= 0.6 is 0 Å². The van der Waals surface area contributed by atoms with Crippen LogP contribution in [0.5, 0.6) is 5.75 Å². The molecular weight excluding hydrogens is 382 g/mol. The van der Waals surface area contributed by atoms with Gasteiger partial charge in [-0.25, -0.2) is 0 Å². The lowest BCUT2D eigenvalue weighted by Gasteiger charge is -2.38. The Morgan fingerprint density at radius 2 is 2.17 bits per heavy atom. The highest BCUT2D eigenvalue weighted by Gasteiger charge is 2.36. The monoisotopic (exact) mass is 405 g/mol. The Balaban J connectivity index is 1.29. The fraction of sp³-hybridized carbons (Fsp3) is 0.364. The highest BCUT2D eigenvalue weighted by Crippen LogP contribution is 2.33. The standard InChI is InChI=1S/C22H23N5O3/c1-26-12-15(11-23-26)17-9-18(25-24-17)22(29)27-8-4-5-14(13-27)21-10-19(28)16-6-2-3-7-20(16)30-21/h2-3,6-7,9,11-12,14,21H,4-5,8,10,13H2,1H3,(H,24,25). The third-order valence-electron chi connectivity index (χ3n) is 5.93. The van der Waals surface area contributed by atoms with Crippen molar-refractivity contribution in [2.45, 2.75) is 25.4 Å². The first kappa shape index (κ1) is 18.6. The maximum absolute atomic E-state index is 13.1. The average Bonchev–Trinajstić information content (AvgIpc) is 3.42. The molecule has 8 heteroatoms. The third kappa shape index (κ3) is 3.38. The van der Waals surface area contributed by atoms with Crippen LogP contribution in [0.2, 0.25) is 0 Å². The van der Waals surface area contributed by atoms with Gasteiger partial charge >= 0.3 is 0 Å². The van der Waals surface area contributed by atoms with Gasteiger partial charge in [-0.15, -0.1) is 0 Å². The zero-order valence-corrected chi connectivity index (χ0v) is 16.7. The van der Waals surface area contributed by atoms with E-state index in [-0.39, 0.29) is 23.7 Å². The number of carbonyl (C=O) groups excluding carboxylic acids is 2. The molecule has 1 amide bonds. The number of Topliss-reactive ketones (excluding diaryl/α,β-unsaturated/α-hetero) is 1. The van der Waals surface area contributed by atoms with Gasteiger partial charge in [0.05, 0.1) is 17.5 Å². The number of likely N-dealkylation sites (tertiary alicyclic amines) is 1. The van der Waals surface area contributed by atoms with Crippen molar-refractivity contribution >= 4 is 11.7 Å². The minimum absolute atomic E-state index is 0.0788. The van der Waals surface area contributed by atoms with Gasteiger partial charge in [0.2, 0.25) is 0 Å². The number of amides is 1. The summed E-state index contributed by atoms with van der Waals surface area (Å²) in [5, 5.41) is 11.3. The number of para-hydroxylation sites is 1. The molecule has 0 radical (unpaired) electrons. The molecule has 0 saturated carbocycles. The average molecular weight is 405 g/mol. The van der Waals surface area contributed by atoms with Crippen LogP contribution in [0, 0.1) is 5.92 Å². The van der Waals surface area contributed by atoms with Crippen LogP contribution in [0.25, 0.3) is 11.3 Å². The highest BCUT2D eigenvalue weighted by atomic mass is 16.5. The van der Waals surface area contributed by atoms with Crippen LogP contribution in [0.15, 0.2) is 42.7 Å². The van der Waals surface area contributed by atoms with Crippen molar-refractivity contribution in [1.29, 1.82) is 0 Å². The van der Waals surface area contributed by atoms with E-state index >= 15 is 0 Å². The quantitative estimate of drug-likeness (QED) is 0.723. The Labute approximate surface area is 173 Å². The normalized spacial score (nSPS) is 21.2. The number of aromatic nitrogens is 4. The number of rotatable bonds is 3. The molecule has 30 heavy (non-hydrogen) atoms. The van der Waals surface area contributed by atoms with E-state index in [4.69, 9.17) is 4.74 Å². The second kappa shape index (κ2) is 7.44. The topological polar surface area (TPSA) is 93.1 Å². The van der Waals surface area contributed by atoms with Crippen LogP contribution in [0.1, 0.15) is 40.1 Å². The number of hydrogen-bond acceptors (Lipinski definition) is 5. The van der Waals surface area contributed by atoms with Gasteiger partial charge in [0.25, 0.3) is 5.91 Å². The predicted molar refractivity (Wildman–Crippen MR) is 109 cm³/mol. The van der Waals surface area contributed by atoms with Gasteiger partial charge in [-0.2, -0.15) is 10.2 Å². The van der Waals surface area contributed by atoms with Crippen molar-refractivity contribution in [3.8, 4) is 17.0 Å². The third-order valence-corrected chi connectivity index (χ3v) is 5.93. The second-order valence-corrected chi connectivity index (χ2v) is 8.00. The number of nitrogens with one attached hydrogen (secondary N) is 1. The number of aromatic amines is 1. The predicted octanol–water partition coefficient (Wildman–Crippen LogP) is 2.70. The van der Waals surface area contributed by atoms with Gasteiger partial charge in [-0.05, 0) is 31.0 Å². The number of ketones is 1. The Kier molecular flexibility index (Phi) is 4.61. The lowest BCUT2D eigenvalue weighted by molar-refractivity contribution is 0.0406. The molecule has 4 heterocycles. The number of piperidine rings is 1. The molecule has 5 rings (SSSR count). The summed E-state index contributed by atoms with van der Waals surface area (Å²) in [6.45, 7) is 1.26. The molecule has 0 spiro atoms. The Morgan fingerprint density at radius 1 is 1.30 bits per heavy atom. The van der Waals surface area contributed by atoms with Crippen LogP contribution in [0.4, 0.5) is 0 Å². The van der Waals surface area contributed by atoms with E-state index in [1.165, 1.54) is 0 Å². The molecular formula is C22H23N5O3. The number of ether oxygens (including phenoxy) is 1. The second-order valence-electron chi connectivity index (χ2n) is 8.00. The molecule has 8 nitrogen and oxygen atoms in total. The molecule has 2 aliphatic rings. The van der Waals surface area contributed by atoms with Crippen molar-refractivity contribution in [1.82, 2.24) is 24.9 Å². The van der Waals surface area contributed by atoms with Gasteiger partial charge in [0.15, 0.2) is 5.78 Å². The Morgan fingerprint density at radius 3 is 3.00 bits per heavy atom. The molecule has 0 aliphatic carbocycles. The van der Waals surface area contributed by atoms with Crippen LogP contribution < -0.4 is 4.74 Å². The Hall–Kier alpha value is -3.42. The number of benzene rings is 1. The number of H-pyrrole nitrogens is 1. The lowest BCUT2D eigenvalue weighted by atomic mass is 9.87. The molecule has 1 saturated heterocycles. The van der Waals surface area contributed by atoms with Gasteiger partial charge < -0.3 is 9.64 Å². The van der Waals surface area contributed by atoms with Crippen molar-refractivity contribution in [3.05, 3.63) is 54.0 Å². The zero-order chi connectivity index (χ0) is 20.7. The molecule has 0 bridgehead atoms. The molecule has 1 aromatic carbocycles. The molecule has 3 aromatic rings. The van der Waals surface area contributed by atoms with Crippen molar-refractivity contribution in [2.24, 2.45) is 13.0 Å². The maximum Gasteiger partial charge on any atom is 0.271 e. The smallest absolute Gasteiger partial charge is 0.271 e. The minimum atomic E-state index is -0.198. The molecule has 2 atom stereocenters. The summed E-state index contributed by atoms with van der Waals surface area (Å²) in [4.78, 5) is 27.4. The first-order valence-electron chi connectivity index (χ1n) is 10.2. The van der Waals surface area contributed by atoms with Gasteiger partial charge in [-0.3, -0.25) is 19.4 Å². The van der Waals surface area contributed by atoms with Crippen LogP contribution in [0.3, 0.4) is 0 Å².